The molecule has 1 N–H and O–H groups in total. The number of anilines is 1. The monoisotopic (exact) mass is 314 g/mol. The molecule has 0 aliphatic heterocycles. The number of nitrogens with one attached hydrogen (secondary N) is 1. The Morgan fingerprint density at radius 2 is 2.05 bits per heavy atom. The Kier molecular flexibility index (Phi) is 3.36. The third-order valence-corrected chi connectivity index (χ3v) is 3.90. The lowest BCUT2D eigenvalue weighted by Crippen LogP contribution is -2.14. The van der Waals surface area contributed by atoms with Crippen molar-refractivity contribution in [3.63, 3.8) is 0 Å². The van der Waals surface area contributed by atoms with E-state index in [2.05, 4.69) is 20.5 Å². The van der Waals surface area contributed by atoms with Crippen LogP contribution in [0, 0.1) is 0 Å². The molecule has 1 fully saturated rings. The maximum atomic E-state index is 12.4. The van der Waals surface area contributed by atoms with Crippen molar-refractivity contribution in [3.05, 3.63) is 34.6 Å². The minimum Gasteiger partial charge on any atom is -0.296 e. The lowest BCUT2D eigenvalue weighted by atomic mass is 10.2. The van der Waals surface area contributed by atoms with Crippen LogP contribution in [0.1, 0.15) is 39.8 Å². The minimum absolute atomic E-state index is 0.0335. The van der Waals surface area contributed by atoms with Gasteiger partial charge in [0.25, 0.3) is 5.91 Å². The number of amides is 1. The van der Waals surface area contributed by atoms with Gasteiger partial charge in [-0.3, -0.25) is 15.1 Å². The molecular formula is C12H9F3N4OS. The molecule has 0 bridgehead atoms. The van der Waals surface area contributed by atoms with Gasteiger partial charge in [-0.25, -0.2) is 0 Å². The van der Waals surface area contributed by atoms with Crippen LogP contribution in [0.4, 0.5) is 18.3 Å². The van der Waals surface area contributed by atoms with Crippen LogP contribution in [-0.4, -0.2) is 21.1 Å². The zero-order chi connectivity index (χ0) is 15.0. The molecule has 0 unspecified atom stereocenters. The van der Waals surface area contributed by atoms with Gasteiger partial charge < -0.3 is 0 Å². The highest BCUT2D eigenvalue weighted by molar-refractivity contribution is 7.15. The van der Waals surface area contributed by atoms with Crippen molar-refractivity contribution < 1.29 is 18.0 Å². The van der Waals surface area contributed by atoms with Crippen LogP contribution >= 0.6 is 11.3 Å². The number of hydrogen-bond donors (Lipinski definition) is 1. The number of carbonyl (C=O) groups excluding carboxylic acids is 1. The van der Waals surface area contributed by atoms with Gasteiger partial charge in [0.2, 0.25) is 5.13 Å². The Bertz CT molecular complexity index is 664. The number of nitrogens with zero attached hydrogens (tertiary/aromatic N) is 3. The molecule has 110 valence electrons. The molecule has 1 aliphatic carbocycles. The van der Waals surface area contributed by atoms with Gasteiger partial charge in [0, 0.05) is 12.1 Å². The van der Waals surface area contributed by atoms with E-state index in [0.717, 1.165) is 36.2 Å². The molecule has 1 amide bonds. The molecular weight excluding hydrogens is 305 g/mol. The summed E-state index contributed by atoms with van der Waals surface area (Å²) >= 11 is 1.28. The van der Waals surface area contributed by atoms with Crippen LogP contribution in [0.2, 0.25) is 0 Å². The first-order chi connectivity index (χ1) is 9.93. The van der Waals surface area contributed by atoms with Crippen molar-refractivity contribution in [1.82, 2.24) is 15.2 Å². The van der Waals surface area contributed by atoms with Gasteiger partial charge in [-0.15, -0.1) is 10.2 Å². The predicted octanol–water partition coefficient (Wildman–Crippen LogP) is 3.08. The number of alkyl halides is 3. The molecule has 3 rings (SSSR count). The van der Waals surface area contributed by atoms with Crippen molar-refractivity contribution in [2.45, 2.75) is 24.9 Å². The number of aromatic nitrogens is 3. The average Bonchev–Trinajstić information content (AvgIpc) is 3.19. The molecule has 5 nitrogen and oxygen atoms in total. The van der Waals surface area contributed by atoms with E-state index in [1.165, 1.54) is 11.3 Å². The van der Waals surface area contributed by atoms with Gasteiger partial charge in [-0.2, -0.15) is 13.2 Å². The van der Waals surface area contributed by atoms with Crippen LogP contribution in [0.3, 0.4) is 0 Å². The molecule has 2 aromatic rings. The minimum atomic E-state index is -4.52. The summed E-state index contributed by atoms with van der Waals surface area (Å²) in [6.07, 6.45) is -1.48. The summed E-state index contributed by atoms with van der Waals surface area (Å²) in [5.74, 6) is -0.129. The van der Waals surface area contributed by atoms with E-state index in [4.69, 9.17) is 0 Å². The summed E-state index contributed by atoms with van der Waals surface area (Å²) in [5, 5.41) is 11.5. The van der Waals surface area contributed by atoms with Gasteiger partial charge >= 0.3 is 6.18 Å². The molecule has 0 spiro atoms. The highest BCUT2D eigenvalue weighted by atomic mass is 32.1. The Labute approximate surface area is 121 Å². The summed E-state index contributed by atoms with van der Waals surface area (Å²) in [6, 6.07) is 1.85. The molecule has 21 heavy (non-hydrogen) atoms. The molecule has 2 heterocycles. The third kappa shape index (κ3) is 3.18. The predicted molar refractivity (Wildman–Crippen MR) is 69.1 cm³/mol. The number of hydrogen-bond acceptors (Lipinski definition) is 5. The SMILES string of the molecule is O=C(Nc1nnc(C2CC2)s1)c1ccc(C(F)(F)F)nc1. The third-order valence-electron chi connectivity index (χ3n) is 2.90. The van der Waals surface area contributed by atoms with Crippen molar-refractivity contribution in [1.29, 1.82) is 0 Å². The highest BCUT2D eigenvalue weighted by Crippen LogP contribution is 2.42. The normalized spacial score (nSPS) is 15.0. The van der Waals surface area contributed by atoms with Gasteiger partial charge in [-0.1, -0.05) is 11.3 Å². The summed E-state index contributed by atoms with van der Waals surface area (Å²) in [6.45, 7) is 0. The molecule has 2 aromatic heterocycles. The number of pyridine rings is 1. The molecule has 0 saturated heterocycles. The smallest absolute Gasteiger partial charge is 0.296 e. The Hall–Kier alpha value is -2.03. The standard InChI is InChI=1S/C12H9F3N4OS/c13-12(14,15)8-4-3-7(5-16-8)9(20)17-11-19-18-10(21-11)6-1-2-6/h3-6H,1-2H2,(H,17,19,20). The maximum absolute atomic E-state index is 12.4. The maximum Gasteiger partial charge on any atom is 0.433 e. The number of rotatable bonds is 3. The largest absolute Gasteiger partial charge is 0.433 e. The first-order valence-corrected chi connectivity index (χ1v) is 6.93. The fourth-order valence-electron chi connectivity index (χ4n) is 1.65. The molecule has 0 radical (unpaired) electrons. The van der Waals surface area contributed by atoms with Crippen LogP contribution in [0.5, 0.6) is 0 Å². The molecule has 0 aromatic carbocycles. The van der Waals surface area contributed by atoms with Gasteiger partial charge in [0.15, 0.2) is 0 Å². The summed E-state index contributed by atoms with van der Waals surface area (Å²) in [7, 11) is 0. The van der Waals surface area contributed by atoms with E-state index in [1.54, 1.807) is 0 Å². The first-order valence-electron chi connectivity index (χ1n) is 6.11. The average molecular weight is 314 g/mol. The van der Waals surface area contributed by atoms with Crippen LogP contribution in [0.25, 0.3) is 0 Å². The Morgan fingerprint density at radius 1 is 1.29 bits per heavy atom. The first kappa shape index (κ1) is 13.9. The second-order valence-corrected chi connectivity index (χ2v) is 5.61. The van der Waals surface area contributed by atoms with Crippen molar-refractivity contribution in [2.24, 2.45) is 0 Å². The topological polar surface area (TPSA) is 67.8 Å². The van der Waals surface area contributed by atoms with Crippen LogP contribution in [-0.2, 0) is 6.18 Å². The van der Waals surface area contributed by atoms with E-state index < -0.39 is 17.8 Å². The number of carbonyl (C=O) groups is 1. The zero-order valence-electron chi connectivity index (χ0n) is 10.5. The summed E-state index contributed by atoms with van der Waals surface area (Å²) in [4.78, 5) is 15.1. The quantitative estimate of drug-likeness (QED) is 0.945. The fraction of sp³-hybridized carbons (Fsp3) is 0.333. The Balaban J connectivity index is 1.69. The van der Waals surface area contributed by atoms with Crippen molar-refractivity contribution in [2.75, 3.05) is 5.32 Å². The van der Waals surface area contributed by atoms with E-state index >= 15 is 0 Å². The Morgan fingerprint density at radius 3 is 2.62 bits per heavy atom. The summed E-state index contributed by atoms with van der Waals surface area (Å²) in [5.41, 5.74) is -1.00. The molecule has 1 aliphatic rings. The highest BCUT2D eigenvalue weighted by Gasteiger charge is 2.32. The van der Waals surface area contributed by atoms with E-state index in [-0.39, 0.29) is 5.56 Å². The van der Waals surface area contributed by atoms with Crippen molar-refractivity contribution in [3.8, 4) is 0 Å². The molecule has 1 saturated carbocycles. The number of halogens is 3. The molecule has 9 heteroatoms. The second-order valence-electron chi connectivity index (χ2n) is 4.60. The lowest BCUT2D eigenvalue weighted by molar-refractivity contribution is -0.141. The van der Waals surface area contributed by atoms with E-state index in [0.29, 0.717) is 11.0 Å². The van der Waals surface area contributed by atoms with Crippen molar-refractivity contribution >= 4 is 22.4 Å². The lowest BCUT2D eigenvalue weighted by Gasteiger charge is -2.06. The van der Waals surface area contributed by atoms with Crippen LogP contribution in [0.15, 0.2) is 18.3 Å². The second kappa shape index (κ2) is 5.06. The van der Waals surface area contributed by atoms with Gasteiger partial charge in [0.05, 0.1) is 5.56 Å². The van der Waals surface area contributed by atoms with Gasteiger partial charge in [0.1, 0.15) is 10.7 Å². The van der Waals surface area contributed by atoms with Crippen LogP contribution < -0.4 is 5.32 Å². The fourth-order valence-corrected chi connectivity index (χ4v) is 2.55. The summed E-state index contributed by atoms with van der Waals surface area (Å²) < 4.78 is 37.1. The van der Waals surface area contributed by atoms with E-state index in [9.17, 15) is 18.0 Å². The zero-order valence-corrected chi connectivity index (χ0v) is 11.3. The van der Waals surface area contributed by atoms with Gasteiger partial charge in [-0.05, 0) is 25.0 Å². The molecule has 0 atom stereocenters. The van der Waals surface area contributed by atoms with E-state index in [1.807, 2.05) is 0 Å².